The van der Waals surface area contributed by atoms with Crippen molar-refractivity contribution in [1.82, 2.24) is 0 Å². The van der Waals surface area contributed by atoms with E-state index in [9.17, 15) is 0 Å². The monoisotopic (exact) mass is 580 g/mol. The van der Waals surface area contributed by atoms with E-state index in [1.807, 2.05) is 13.0 Å². The summed E-state index contributed by atoms with van der Waals surface area (Å²) in [7, 11) is 0. The molecule has 0 N–H and O–H groups in total. The second-order valence-corrected chi connectivity index (χ2v) is 11.4. The Kier molecular flexibility index (Phi) is 7.78. The molecule has 0 saturated carbocycles. The van der Waals surface area contributed by atoms with Crippen LogP contribution < -0.4 is 9.47 Å². The Balaban J connectivity index is 1.53. The van der Waals surface area contributed by atoms with Crippen LogP contribution in [0.5, 0.6) is 11.5 Å². The van der Waals surface area contributed by atoms with E-state index in [1.54, 1.807) is 0 Å². The lowest BCUT2D eigenvalue weighted by atomic mass is 9.67. The molecule has 0 spiro atoms. The minimum Gasteiger partial charge on any atom is -0.490 e. The third-order valence-electron chi connectivity index (χ3n) is 8.68. The van der Waals surface area contributed by atoms with E-state index >= 15 is 0 Å². The summed E-state index contributed by atoms with van der Waals surface area (Å²) in [6.07, 6.45) is 0.133. The highest BCUT2D eigenvalue weighted by atomic mass is 16.7. The summed E-state index contributed by atoms with van der Waals surface area (Å²) >= 11 is 0. The van der Waals surface area contributed by atoms with Crippen molar-refractivity contribution in [3.63, 3.8) is 0 Å². The van der Waals surface area contributed by atoms with Gasteiger partial charge in [0, 0.05) is 17.7 Å². The fourth-order valence-electron chi connectivity index (χ4n) is 6.35. The molecular weight excluding hydrogens is 544 g/mol. The van der Waals surface area contributed by atoms with Crippen LogP contribution in [0.1, 0.15) is 30.5 Å². The first-order valence-electron chi connectivity index (χ1n) is 15.3. The van der Waals surface area contributed by atoms with Gasteiger partial charge in [-0.1, -0.05) is 115 Å². The molecule has 2 atom stereocenters. The molecule has 1 aliphatic rings. The van der Waals surface area contributed by atoms with Crippen LogP contribution in [-0.2, 0) is 14.9 Å². The minimum absolute atomic E-state index is 0.133. The van der Waals surface area contributed by atoms with E-state index < -0.39 is 5.41 Å². The van der Waals surface area contributed by atoms with E-state index in [0.29, 0.717) is 13.2 Å². The molecule has 44 heavy (non-hydrogen) atoms. The Morgan fingerprint density at radius 1 is 0.636 bits per heavy atom. The van der Waals surface area contributed by atoms with Gasteiger partial charge in [0.25, 0.3) is 0 Å². The van der Waals surface area contributed by atoms with Crippen molar-refractivity contribution in [2.24, 2.45) is 0 Å². The molecule has 4 nitrogen and oxygen atoms in total. The van der Waals surface area contributed by atoms with E-state index in [-0.39, 0.29) is 12.9 Å². The number of rotatable bonds is 11. The largest absolute Gasteiger partial charge is 0.490 e. The van der Waals surface area contributed by atoms with Gasteiger partial charge < -0.3 is 18.9 Å². The molecule has 6 aromatic carbocycles. The molecule has 1 saturated heterocycles. The number of benzene rings is 6. The third-order valence-corrected chi connectivity index (χ3v) is 8.68. The van der Waals surface area contributed by atoms with E-state index in [0.717, 1.165) is 56.3 Å². The van der Waals surface area contributed by atoms with Gasteiger partial charge in [-0.2, -0.15) is 0 Å². The van der Waals surface area contributed by atoms with Gasteiger partial charge in [-0.3, -0.25) is 0 Å². The summed E-state index contributed by atoms with van der Waals surface area (Å²) in [6, 6.07) is 45.0. The Morgan fingerprint density at radius 2 is 1.18 bits per heavy atom. The van der Waals surface area contributed by atoms with Crippen LogP contribution in [0.4, 0.5) is 0 Å². The molecule has 0 aromatic heterocycles. The van der Waals surface area contributed by atoms with Crippen molar-refractivity contribution >= 4 is 21.5 Å². The zero-order chi connectivity index (χ0) is 29.9. The maximum Gasteiger partial charge on any atom is 0.189 e. The zero-order valence-corrected chi connectivity index (χ0v) is 25.2. The summed E-state index contributed by atoms with van der Waals surface area (Å²) in [6.45, 7) is 6.28. The van der Waals surface area contributed by atoms with Crippen molar-refractivity contribution in [1.29, 1.82) is 0 Å². The molecule has 0 bridgehead atoms. The van der Waals surface area contributed by atoms with E-state index in [4.69, 9.17) is 18.9 Å². The first kappa shape index (κ1) is 28.1. The lowest BCUT2D eigenvalue weighted by Gasteiger charge is -2.36. The molecule has 7 rings (SSSR count). The number of ether oxygens (including phenoxy) is 4. The highest BCUT2D eigenvalue weighted by Crippen LogP contribution is 2.51. The van der Waals surface area contributed by atoms with Crippen LogP contribution in [-0.4, -0.2) is 32.7 Å². The molecular formula is C40H36O4. The van der Waals surface area contributed by atoms with Gasteiger partial charge in [-0.15, -0.1) is 0 Å². The minimum atomic E-state index is -0.682. The van der Waals surface area contributed by atoms with Gasteiger partial charge in [0.15, 0.2) is 6.79 Å². The molecule has 220 valence electrons. The van der Waals surface area contributed by atoms with Crippen LogP contribution >= 0.6 is 0 Å². The van der Waals surface area contributed by atoms with Gasteiger partial charge >= 0.3 is 0 Å². The molecule has 1 fully saturated rings. The van der Waals surface area contributed by atoms with Crippen LogP contribution in [0.2, 0.25) is 0 Å². The Morgan fingerprint density at radius 3 is 1.77 bits per heavy atom. The Hall–Kier alpha value is -4.64. The topological polar surface area (TPSA) is 40.2 Å². The van der Waals surface area contributed by atoms with Crippen LogP contribution in [0.15, 0.2) is 127 Å². The standard InChI is InChI=1S/C40H36O4/c1-3-41-27-44-37-24-20-31-14-8-10-16-35(31)39(37)40(2,32-21-17-29(18-22-32)28-11-5-4-6-12-28)38-34-15-9-7-13-30(34)19-23-36(38)43-26-33-25-42-33/h4-24,33H,3,25-27H2,1-2H3. The van der Waals surface area contributed by atoms with Gasteiger partial charge in [-0.05, 0) is 64.2 Å². The summed E-state index contributed by atoms with van der Waals surface area (Å²) in [5.74, 6) is 1.63. The highest BCUT2D eigenvalue weighted by molar-refractivity contribution is 5.95. The number of hydrogen-bond donors (Lipinski definition) is 0. The molecule has 0 amide bonds. The van der Waals surface area contributed by atoms with Crippen molar-refractivity contribution in [2.45, 2.75) is 25.4 Å². The Labute approximate surface area is 258 Å². The number of fused-ring (bicyclic) bond motifs is 2. The van der Waals surface area contributed by atoms with Crippen molar-refractivity contribution in [2.75, 3.05) is 26.6 Å². The second kappa shape index (κ2) is 12.2. The summed E-state index contributed by atoms with van der Waals surface area (Å²) in [5.41, 5.74) is 4.98. The molecule has 4 heteroatoms. The number of hydrogen-bond acceptors (Lipinski definition) is 4. The third kappa shape index (κ3) is 5.32. The fraction of sp³-hybridized carbons (Fsp3) is 0.200. The lowest BCUT2D eigenvalue weighted by molar-refractivity contribution is 0.0216. The van der Waals surface area contributed by atoms with Crippen LogP contribution in [0, 0.1) is 0 Å². The quantitative estimate of drug-likeness (QED) is 0.0663. The molecule has 1 heterocycles. The number of epoxide rings is 1. The van der Waals surface area contributed by atoms with E-state index in [2.05, 4.69) is 128 Å². The fourth-order valence-corrected chi connectivity index (χ4v) is 6.35. The summed E-state index contributed by atoms with van der Waals surface area (Å²) in [4.78, 5) is 0. The normalized spacial score (nSPS) is 15.6. The van der Waals surface area contributed by atoms with Gasteiger partial charge in [0.05, 0.1) is 12.0 Å². The van der Waals surface area contributed by atoms with Crippen molar-refractivity contribution in [3.05, 3.63) is 144 Å². The van der Waals surface area contributed by atoms with Crippen molar-refractivity contribution < 1.29 is 18.9 Å². The first-order chi connectivity index (χ1) is 21.7. The predicted octanol–water partition coefficient (Wildman–Crippen LogP) is 9.16. The first-order valence-corrected chi connectivity index (χ1v) is 15.3. The molecule has 1 aliphatic heterocycles. The predicted molar refractivity (Wildman–Crippen MR) is 178 cm³/mol. The molecule has 0 radical (unpaired) electrons. The van der Waals surface area contributed by atoms with E-state index in [1.165, 1.54) is 11.1 Å². The van der Waals surface area contributed by atoms with Gasteiger partial charge in [0.1, 0.15) is 24.2 Å². The smallest absolute Gasteiger partial charge is 0.189 e. The second-order valence-electron chi connectivity index (χ2n) is 11.4. The van der Waals surface area contributed by atoms with Crippen molar-refractivity contribution in [3.8, 4) is 22.6 Å². The highest BCUT2D eigenvalue weighted by Gasteiger charge is 2.40. The maximum absolute atomic E-state index is 6.61. The molecule has 6 aromatic rings. The Bertz CT molecular complexity index is 1890. The average Bonchev–Trinajstić information content (AvgIpc) is 3.92. The van der Waals surface area contributed by atoms with Crippen LogP contribution in [0.3, 0.4) is 0 Å². The zero-order valence-electron chi connectivity index (χ0n) is 25.2. The van der Waals surface area contributed by atoms with Gasteiger partial charge in [0.2, 0.25) is 0 Å². The SMILES string of the molecule is CCOCOc1ccc2ccccc2c1C(C)(c1ccc(-c2ccccc2)cc1)c1c(OCC2CO2)ccc2ccccc12. The summed E-state index contributed by atoms with van der Waals surface area (Å²) in [5, 5.41) is 4.56. The average molecular weight is 581 g/mol. The molecule has 2 unspecified atom stereocenters. The summed E-state index contributed by atoms with van der Waals surface area (Å²) < 4.78 is 24.3. The maximum atomic E-state index is 6.61. The van der Waals surface area contributed by atoms with Gasteiger partial charge in [-0.25, -0.2) is 0 Å². The van der Waals surface area contributed by atoms with Crippen LogP contribution in [0.25, 0.3) is 32.7 Å². The molecule has 0 aliphatic carbocycles. The lowest BCUT2D eigenvalue weighted by Crippen LogP contribution is -2.28.